The first kappa shape index (κ1) is 23.0. The topological polar surface area (TPSA) is 88.7 Å². The summed E-state index contributed by atoms with van der Waals surface area (Å²) in [5, 5.41) is 14.0. The highest BCUT2D eigenvalue weighted by Crippen LogP contribution is 2.49. The summed E-state index contributed by atoms with van der Waals surface area (Å²) in [6.07, 6.45) is 10.5. The summed E-state index contributed by atoms with van der Waals surface area (Å²) in [7, 11) is 0. The number of carboxylic acid groups (broad SMARTS) is 1. The number of anilines is 1. The molecule has 0 amide bonds. The number of pyridine rings is 1. The average Bonchev–Trinajstić information content (AvgIpc) is 3.83. The number of rotatable bonds is 8. The Balaban J connectivity index is 1.10. The van der Waals surface area contributed by atoms with Crippen LogP contribution in [0.25, 0.3) is 11.3 Å². The molecule has 0 radical (unpaired) electrons. The molecule has 7 rings (SSSR count). The normalized spacial score (nSPS) is 25.0. The molecule has 2 aromatic heterocycles. The number of aromatic carboxylic acids is 1. The first-order chi connectivity index (χ1) is 18.1. The number of fused-ring (bicyclic) bond motifs is 2. The number of aromatic nitrogens is 2. The number of piperidine rings is 1. The van der Waals surface area contributed by atoms with E-state index in [0.29, 0.717) is 36.1 Å². The molecule has 1 aromatic carbocycles. The number of carbonyl (C=O) groups is 1. The minimum atomic E-state index is -0.902. The summed E-state index contributed by atoms with van der Waals surface area (Å²) in [5.74, 6) is 2.04. The quantitative estimate of drug-likeness (QED) is 0.394. The fourth-order valence-corrected chi connectivity index (χ4v) is 6.49. The van der Waals surface area contributed by atoms with Crippen molar-refractivity contribution >= 4 is 11.8 Å². The third kappa shape index (κ3) is 4.23. The largest absolute Gasteiger partial charge is 0.478 e. The van der Waals surface area contributed by atoms with Gasteiger partial charge in [-0.2, -0.15) is 0 Å². The van der Waals surface area contributed by atoms with Gasteiger partial charge in [-0.1, -0.05) is 29.4 Å². The van der Waals surface area contributed by atoms with Gasteiger partial charge in [-0.15, -0.1) is 0 Å². The summed E-state index contributed by atoms with van der Waals surface area (Å²) < 4.78 is 12.5. The lowest BCUT2D eigenvalue weighted by Crippen LogP contribution is -2.46. The lowest BCUT2D eigenvalue weighted by Gasteiger charge is -2.40. The zero-order valence-corrected chi connectivity index (χ0v) is 21.2. The Bertz CT molecular complexity index is 1330. The molecule has 7 heteroatoms. The fraction of sp³-hybridized carbons (Fsp3) is 0.500. The molecule has 2 saturated carbocycles. The van der Waals surface area contributed by atoms with Gasteiger partial charge in [0, 0.05) is 35.3 Å². The number of ether oxygens (including phenoxy) is 1. The van der Waals surface area contributed by atoms with Crippen LogP contribution in [0.3, 0.4) is 0 Å². The Labute approximate surface area is 216 Å². The van der Waals surface area contributed by atoms with Crippen molar-refractivity contribution in [2.24, 2.45) is 0 Å². The van der Waals surface area contributed by atoms with Gasteiger partial charge < -0.3 is 19.3 Å². The van der Waals surface area contributed by atoms with Crippen LogP contribution in [0.4, 0.5) is 5.82 Å². The first-order valence-corrected chi connectivity index (χ1v) is 13.7. The molecule has 2 unspecified atom stereocenters. The number of hydrogen-bond donors (Lipinski definition) is 1. The van der Waals surface area contributed by atoms with Crippen LogP contribution in [0.15, 0.2) is 41.1 Å². The van der Waals surface area contributed by atoms with Gasteiger partial charge >= 0.3 is 5.97 Å². The maximum atomic E-state index is 11.6. The predicted octanol–water partition coefficient (Wildman–Crippen LogP) is 6.21. The summed E-state index contributed by atoms with van der Waals surface area (Å²) in [4.78, 5) is 18.8. The summed E-state index contributed by atoms with van der Waals surface area (Å²) in [5.41, 5.74) is 5.78. The van der Waals surface area contributed by atoms with Crippen LogP contribution < -0.4 is 4.90 Å². The van der Waals surface area contributed by atoms with Crippen LogP contribution in [0.2, 0.25) is 0 Å². The Morgan fingerprint density at radius 2 is 1.81 bits per heavy atom. The first-order valence-electron chi connectivity index (χ1n) is 13.7. The molecule has 2 saturated heterocycles. The van der Waals surface area contributed by atoms with Gasteiger partial charge in [0.05, 0.1) is 18.3 Å². The molecule has 7 nitrogen and oxygen atoms in total. The number of hydrogen-bond acceptors (Lipinski definition) is 6. The van der Waals surface area contributed by atoms with E-state index in [1.807, 2.05) is 6.07 Å². The van der Waals surface area contributed by atoms with E-state index in [9.17, 15) is 9.90 Å². The SMILES string of the molecule is Cc1ccccc1-c1noc(C2CC2)c1COC1CC2CC[C@@H](C1)N2c1ncc(C(=O)O)cc1C1CC1. The molecule has 37 heavy (non-hydrogen) atoms. The second kappa shape index (κ2) is 8.98. The molecular formula is C30H33N3O4. The van der Waals surface area contributed by atoms with Crippen LogP contribution >= 0.6 is 0 Å². The minimum absolute atomic E-state index is 0.183. The molecule has 2 aliphatic heterocycles. The number of aryl methyl sites for hydroxylation is 1. The molecular weight excluding hydrogens is 466 g/mol. The Morgan fingerprint density at radius 3 is 2.49 bits per heavy atom. The third-order valence-electron chi connectivity index (χ3n) is 8.72. The van der Waals surface area contributed by atoms with Crippen molar-refractivity contribution < 1.29 is 19.2 Å². The zero-order chi connectivity index (χ0) is 25.1. The van der Waals surface area contributed by atoms with Crippen molar-refractivity contribution in [1.82, 2.24) is 10.1 Å². The zero-order valence-electron chi connectivity index (χ0n) is 21.2. The molecule has 4 aliphatic rings. The Morgan fingerprint density at radius 1 is 1.08 bits per heavy atom. The van der Waals surface area contributed by atoms with Crippen molar-refractivity contribution in [1.29, 1.82) is 0 Å². The molecule has 4 heterocycles. The van der Waals surface area contributed by atoms with E-state index in [4.69, 9.17) is 14.2 Å². The van der Waals surface area contributed by atoms with Gasteiger partial charge in [0.15, 0.2) is 0 Å². The van der Waals surface area contributed by atoms with Gasteiger partial charge in [-0.05, 0) is 81.4 Å². The number of carboxylic acids is 1. The monoisotopic (exact) mass is 499 g/mol. The molecule has 2 aliphatic carbocycles. The van der Waals surface area contributed by atoms with Crippen LogP contribution in [0, 0.1) is 6.92 Å². The van der Waals surface area contributed by atoms with E-state index in [1.54, 1.807) is 0 Å². The van der Waals surface area contributed by atoms with E-state index in [1.165, 1.54) is 11.8 Å². The predicted molar refractivity (Wildman–Crippen MR) is 139 cm³/mol. The second-order valence-electron chi connectivity index (χ2n) is 11.4. The van der Waals surface area contributed by atoms with Gasteiger partial charge in [0.1, 0.15) is 17.3 Å². The maximum absolute atomic E-state index is 11.6. The molecule has 3 aromatic rings. The third-order valence-corrected chi connectivity index (χ3v) is 8.72. The lowest BCUT2D eigenvalue weighted by atomic mass is 9.97. The van der Waals surface area contributed by atoms with Crippen LogP contribution in [0.5, 0.6) is 0 Å². The number of benzene rings is 1. The van der Waals surface area contributed by atoms with E-state index < -0.39 is 5.97 Å². The van der Waals surface area contributed by atoms with Crippen molar-refractivity contribution in [2.45, 2.75) is 94.9 Å². The molecule has 4 fully saturated rings. The Hall–Kier alpha value is -3.19. The van der Waals surface area contributed by atoms with Crippen LogP contribution in [0.1, 0.15) is 96.0 Å². The fourth-order valence-electron chi connectivity index (χ4n) is 6.49. The van der Waals surface area contributed by atoms with E-state index >= 15 is 0 Å². The van der Waals surface area contributed by atoms with Crippen LogP contribution in [-0.2, 0) is 11.3 Å². The van der Waals surface area contributed by atoms with Crippen molar-refractivity contribution in [3.05, 3.63) is 64.5 Å². The summed E-state index contributed by atoms with van der Waals surface area (Å²) >= 11 is 0. The molecule has 192 valence electrons. The van der Waals surface area contributed by atoms with Crippen molar-refractivity contribution in [2.75, 3.05) is 4.90 Å². The van der Waals surface area contributed by atoms with Gasteiger partial charge in [0.2, 0.25) is 0 Å². The number of nitrogens with zero attached hydrogens (tertiary/aromatic N) is 3. The van der Waals surface area contributed by atoms with Gasteiger partial charge in [-0.3, -0.25) is 0 Å². The minimum Gasteiger partial charge on any atom is -0.478 e. The molecule has 3 atom stereocenters. The van der Waals surface area contributed by atoms with Crippen molar-refractivity contribution in [3.63, 3.8) is 0 Å². The lowest BCUT2D eigenvalue weighted by molar-refractivity contribution is 0.0145. The highest BCUT2D eigenvalue weighted by Gasteiger charge is 2.44. The smallest absolute Gasteiger partial charge is 0.337 e. The average molecular weight is 500 g/mol. The van der Waals surface area contributed by atoms with Crippen molar-refractivity contribution in [3.8, 4) is 11.3 Å². The van der Waals surface area contributed by atoms with E-state index in [-0.39, 0.29) is 6.10 Å². The van der Waals surface area contributed by atoms with Gasteiger partial charge in [0.25, 0.3) is 0 Å². The standard InChI is InChI=1S/C30H33N3O4/c1-17-4-2-3-5-24(17)27-26(28(37-32-27)19-8-9-19)16-36-23-13-21-10-11-22(14-23)33(21)29-25(18-6-7-18)12-20(15-31-29)30(34)35/h2-5,12,15,18-19,21-23H,6-11,13-14,16H2,1H3,(H,34,35)/t21-,22?,23?/m0/s1. The van der Waals surface area contributed by atoms with E-state index in [2.05, 4.69) is 41.2 Å². The maximum Gasteiger partial charge on any atom is 0.337 e. The summed E-state index contributed by atoms with van der Waals surface area (Å²) in [6, 6.07) is 11.0. The van der Waals surface area contributed by atoms with Gasteiger partial charge in [-0.25, -0.2) is 9.78 Å². The Kier molecular flexibility index (Phi) is 5.57. The highest BCUT2D eigenvalue weighted by molar-refractivity contribution is 5.88. The highest BCUT2D eigenvalue weighted by atomic mass is 16.5. The summed E-state index contributed by atoms with van der Waals surface area (Å²) in [6.45, 7) is 2.65. The molecule has 2 bridgehead atoms. The molecule has 1 N–H and O–H groups in total. The molecule has 0 spiro atoms. The van der Waals surface area contributed by atoms with E-state index in [0.717, 1.165) is 85.3 Å². The second-order valence-corrected chi connectivity index (χ2v) is 11.4. The van der Waals surface area contributed by atoms with Crippen LogP contribution in [-0.4, -0.2) is 39.4 Å².